The first-order chi connectivity index (χ1) is 10.5. The predicted molar refractivity (Wildman–Crippen MR) is 94.7 cm³/mol. The molecule has 0 radical (unpaired) electrons. The van der Waals surface area contributed by atoms with Gasteiger partial charge in [-0.3, -0.25) is 0 Å². The minimum Gasteiger partial charge on any atom is -0.550 e. The molecule has 0 N–H and O–H groups in total. The van der Waals surface area contributed by atoms with Gasteiger partial charge in [0, 0.05) is 5.97 Å². The van der Waals surface area contributed by atoms with Crippen LogP contribution in [-0.2, 0) is 4.79 Å². The normalized spacial score (nSPS) is 11.0. The van der Waals surface area contributed by atoms with Crippen LogP contribution in [0, 0.1) is 0 Å². The van der Waals surface area contributed by atoms with E-state index in [0.29, 0.717) is 0 Å². The minimum atomic E-state index is -0.925. The molecule has 0 aromatic heterocycles. The van der Waals surface area contributed by atoms with Crippen molar-refractivity contribution in [3.63, 3.8) is 0 Å². The van der Waals surface area contributed by atoms with Crippen LogP contribution in [0.4, 0.5) is 0 Å². The number of aliphatic carboxylic acids is 1. The zero-order chi connectivity index (χ0) is 17.3. The Morgan fingerprint density at radius 3 is 1.36 bits per heavy atom. The van der Waals surface area contributed by atoms with E-state index in [9.17, 15) is 9.90 Å². The fourth-order valence-electron chi connectivity index (χ4n) is 3.26. The Balaban J connectivity index is 0. The van der Waals surface area contributed by atoms with Gasteiger partial charge >= 0.3 is 0 Å². The molecule has 0 fully saturated rings. The number of hydrogen-bond donors (Lipinski definition) is 0. The van der Waals surface area contributed by atoms with Crippen LogP contribution in [0.3, 0.4) is 0 Å². The Kier molecular flexibility index (Phi) is 18.1. The van der Waals surface area contributed by atoms with Gasteiger partial charge in [0.05, 0.1) is 26.2 Å². The number of carboxylic acid groups (broad SMARTS) is 1. The van der Waals surface area contributed by atoms with E-state index in [1.165, 1.54) is 56.3 Å². The molecule has 0 rings (SSSR count). The molecule has 0 bridgehead atoms. The number of hydrogen-bond acceptors (Lipinski definition) is 2. The Labute approximate surface area is 139 Å². The summed E-state index contributed by atoms with van der Waals surface area (Å²) >= 11 is 0. The maximum absolute atomic E-state index is 9.85. The van der Waals surface area contributed by atoms with Crippen molar-refractivity contribution in [1.82, 2.24) is 0 Å². The van der Waals surface area contributed by atoms with Crippen LogP contribution in [0.2, 0.25) is 0 Å². The molecule has 0 saturated carbocycles. The van der Waals surface area contributed by atoms with Gasteiger partial charge in [0.25, 0.3) is 0 Å². The van der Waals surface area contributed by atoms with Crippen LogP contribution in [0.5, 0.6) is 0 Å². The lowest BCUT2D eigenvalue weighted by Crippen LogP contribution is -2.50. The lowest BCUT2D eigenvalue weighted by molar-refractivity contribution is -0.928. The second-order valence-electron chi connectivity index (χ2n) is 6.42. The largest absolute Gasteiger partial charge is 0.550 e. The Bertz CT molecular complexity index is 212. The highest BCUT2D eigenvalue weighted by atomic mass is 16.4. The van der Waals surface area contributed by atoms with Gasteiger partial charge in [-0.1, -0.05) is 53.9 Å². The first kappa shape index (κ1) is 23.7. The third kappa shape index (κ3) is 14.4. The topological polar surface area (TPSA) is 40.1 Å². The van der Waals surface area contributed by atoms with E-state index < -0.39 is 5.97 Å². The fraction of sp³-hybridized carbons (Fsp3) is 0.947. The van der Waals surface area contributed by atoms with Crippen LogP contribution < -0.4 is 5.11 Å². The first-order valence-corrected chi connectivity index (χ1v) is 9.56. The van der Waals surface area contributed by atoms with Gasteiger partial charge < -0.3 is 14.4 Å². The molecule has 0 aromatic rings. The number of carbonyl (C=O) groups excluding carboxylic acids is 1. The SMILES string of the molecule is CCCCCCC(=O)[O-].CCC[N+](CCC)(CCC)CCC. The van der Waals surface area contributed by atoms with Crippen molar-refractivity contribution in [3.05, 3.63) is 0 Å². The van der Waals surface area contributed by atoms with Crippen molar-refractivity contribution in [2.24, 2.45) is 0 Å². The van der Waals surface area contributed by atoms with Gasteiger partial charge in [0.15, 0.2) is 0 Å². The van der Waals surface area contributed by atoms with E-state index in [4.69, 9.17) is 0 Å². The van der Waals surface area contributed by atoms with Gasteiger partial charge in [-0.25, -0.2) is 0 Å². The standard InChI is InChI=1S/C12H28N.C7H14O2/c1-5-9-13(10-6-2,11-7-3)12-8-4;1-2-3-4-5-6-7(8)9/h5-12H2,1-4H3;2-6H2,1H3,(H,8,9)/q+1;/p-1. The summed E-state index contributed by atoms with van der Waals surface area (Å²) in [6.45, 7) is 16.9. The van der Waals surface area contributed by atoms with Crippen molar-refractivity contribution in [1.29, 1.82) is 0 Å². The summed E-state index contributed by atoms with van der Waals surface area (Å²) in [6, 6.07) is 0. The Hall–Kier alpha value is -0.570. The highest BCUT2D eigenvalue weighted by Gasteiger charge is 2.22. The summed E-state index contributed by atoms with van der Waals surface area (Å²) < 4.78 is 1.38. The van der Waals surface area contributed by atoms with E-state index >= 15 is 0 Å². The second kappa shape index (κ2) is 16.8. The summed E-state index contributed by atoms with van der Waals surface area (Å²) in [5, 5.41) is 9.85. The molecule has 3 heteroatoms. The van der Waals surface area contributed by atoms with Crippen molar-refractivity contribution in [3.8, 4) is 0 Å². The quantitative estimate of drug-likeness (QED) is 0.378. The molecule has 0 heterocycles. The maximum Gasteiger partial charge on any atom is 0.0783 e. The third-order valence-corrected chi connectivity index (χ3v) is 4.03. The molecule has 0 aliphatic rings. The monoisotopic (exact) mass is 315 g/mol. The molecule has 134 valence electrons. The van der Waals surface area contributed by atoms with Crippen LogP contribution in [0.1, 0.15) is 92.4 Å². The number of rotatable bonds is 13. The van der Waals surface area contributed by atoms with Crippen molar-refractivity contribution >= 4 is 5.97 Å². The summed E-state index contributed by atoms with van der Waals surface area (Å²) in [5.74, 6) is -0.925. The highest BCUT2D eigenvalue weighted by molar-refractivity contribution is 5.63. The van der Waals surface area contributed by atoms with Crippen LogP contribution in [0.25, 0.3) is 0 Å². The minimum absolute atomic E-state index is 0.222. The Morgan fingerprint density at radius 2 is 1.09 bits per heavy atom. The average Bonchev–Trinajstić information content (AvgIpc) is 2.45. The molecular formula is C19H41NO2. The molecular weight excluding hydrogens is 274 g/mol. The third-order valence-electron chi connectivity index (χ3n) is 4.03. The lowest BCUT2D eigenvalue weighted by atomic mass is 10.2. The molecule has 0 aliphatic heterocycles. The summed E-state index contributed by atoms with van der Waals surface area (Å²) in [4.78, 5) is 9.85. The lowest BCUT2D eigenvalue weighted by Gasteiger charge is -2.38. The number of carboxylic acids is 1. The highest BCUT2D eigenvalue weighted by Crippen LogP contribution is 2.12. The van der Waals surface area contributed by atoms with E-state index in [0.717, 1.165) is 25.7 Å². The van der Waals surface area contributed by atoms with Crippen LogP contribution >= 0.6 is 0 Å². The molecule has 0 atom stereocenters. The molecule has 0 aliphatic carbocycles. The zero-order valence-corrected chi connectivity index (χ0v) is 16.0. The first-order valence-electron chi connectivity index (χ1n) is 9.56. The molecule has 0 amide bonds. The zero-order valence-electron chi connectivity index (χ0n) is 16.0. The summed E-state index contributed by atoms with van der Waals surface area (Å²) in [5.41, 5.74) is 0. The van der Waals surface area contributed by atoms with Gasteiger partial charge in [-0.2, -0.15) is 0 Å². The van der Waals surface area contributed by atoms with Gasteiger partial charge in [-0.15, -0.1) is 0 Å². The molecule has 3 nitrogen and oxygen atoms in total. The number of nitrogens with zero attached hydrogens (tertiary/aromatic N) is 1. The molecule has 0 unspecified atom stereocenters. The smallest absolute Gasteiger partial charge is 0.0783 e. The van der Waals surface area contributed by atoms with Gasteiger partial charge in [-0.05, 0) is 38.5 Å². The molecule has 22 heavy (non-hydrogen) atoms. The van der Waals surface area contributed by atoms with Crippen molar-refractivity contribution in [2.75, 3.05) is 26.2 Å². The van der Waals surface area contributed by atoms with Crippen LogP contribution in [-0.4, -0.2) is 36.6 Å². The van der Waals surface area contributed by atoms with E-state index in [1.807, 2.05) is 0 Å². The molecule has 0 saturated heterocycles. The van der Waals surface area contributed by atoms with Crippen LogP contribution in [0.15, 0.2) is 0 Å². The van der Waals surface area contributed by atoms with E-state index in [1.54, 1.807) is 0 Å². The van der Waals surface area contributed by atoms with Crippen molar-refractivity contribution < 1.29 is 14.4 Å². The maximum atomic E-state index is 9.85. The number of carbonyl (C=O) groups is 1. The average molecular weight is 316 g/mol. The summed E-state index contributed by atoms with van der Waals surface area (Å²) in [6.07, 6.45) is 9.63. The summed E-state index contributed by atoms with van der Waals surface area (Å²) in [7, 11) is 0. The molecule has 0 aromatic carbocycles. The Morgan fingerprint density at radius 1 is 0.682 bits per heavy atom. The van der Waals surface area contributed by atoms with E-state index in [2.05, 4.69) is 34.6 Å². The number of unbranched alkanes of at least 4 members (excludes halogenated alkanes) is 3. The fourth-order valence-corrected chi connectivity index (χ4v) is 3.26. The van der Waals surface area contributed by atoms with Crippen molar-refractivity contribution in [2.45, 2.75) is 92.4 Å². The number of quaternary nitrogens is 1. The second-order valence-corrected chi connectivity index (χ2v) is 6.42. The molecule has 0 spiro atoms. The van der Waals surface area contributed by atoms with Gasteiger partial charge in [0.1, 0.15) is 0 Å². The van der Waals surface area contributed by atoms with E-state index in [-0.39, 0.29) is 6.42 Å². The van der Waals surface area contributed by atoms with Gasteiger partial charge in [0.2, 0.25) is 0 Å². The predicted octanol–water partition coefficient (Wildman–Crippen LogP) is 4.15.